The lowest BCUT2D eigenvalue weighted by molar-refractivity contribution is -0.131. The molecule has 152 valence electrons. The van der Waals surface area contributed by atoms with Gasteiger partial charge in [-0.3, -0.25) is 9.69 Å². The smallest absolute Gasteiger partial charge is 0.236 e. The number of benzene rings is 2. The van der Waals surface area contributed by atoms with E-state index >= 15 is 0 Å². The first-order chi connectivity index (χ1) is 14.1. The molecule has 0 aliphatic carbocycles. The highest BCUT2D eigenvalue weighted by Gasteiger charge is 2.25. The van der Waals surface area contributed by atoms with E-state index in [0.29, 0.717) is 19.0 Å². The Balaban J connectivity index is 1.28. The van der Waals surface area contributed by atoms with Crippen molar-refractivity contribution in [1.29, 1.82) is 0 Å². The minimum atomic E-state index is 0.159. The second kappa shape index (κ2) is 8.93. The van der Waals surface area contributed by atoms with Gasteiger partial charge in [-0.25, -0.2) is 4.98 Å². The topological polar surface area (TPSA) is 45.7 Å². The molecule has 0 saturated carbocycles. The number of methoxy groups -OCH3 is 1. The summed E-state index contributed by atoms with van der Waals surface area (Å²) >= 11 is 1.81. The van der Waals surface area contributed by atoms with Gasteiger partial charge in [-0.15, -0.1) is 11.3 Å². The molecule has 1 saturated heterocycles. The van der Waals surface area contributed by atoms with Crippen LogP contribution in [0.5, 0.6) is 5.75 Å². The maximum absolute atomic E-state index is 12.7. The number of ether oxygens (including phenoxy) is 1. The molecular formula is C23H27N3O2S. The van der Waals surface area contributed by atoms with E-state index in [4.69, 9.17) is 9.72 Å². The molecule has 2 heterocycles. The highest BCUT2D eigenvalue weighted by atomic mass is 32.1. The molecule has 0 bridgehead atoms. The van der Waals surface area contributed by atoms with Crippen LogP contribution in [0.2, 0.25) is 0 Å². The molecule has 3 aromatic rings. The van der Waals surface area contributed by atoms with Crippen LogP contribution in [0.3, 0.4) is 0 Å². The number of thiazole rings is 1. The maximum Gasteiger partial charge on any atom is 0.236 e. The van der Waals surface area contributed by atoms with Crippen molar-refractivity contribution >= 4 is 27.5 Å². The molecule has 2 aromatic carbocycles. The quantitative estimate of drug-likeness (QED) is 0.614. The summed E-state index contributed by atoms with van der Waals surface area (Å²) < 4.78 is 6.53. The van der Waals surface area contributed by atoms with E-state index in [1.165, 1.54) is 9.71 Å². The molecule has 1 aromatic heterocycles. The number of likely N-dealkylation sites (tertiary alicyclic amines) is 1. The van der Waals surface area contributed by atoms with Gasteiger partial charge in [-0.1, -0.05) is 24.3 Å². The second-order valence-electron chi connectivity index (χ2n) is 7.67. The number of hydrogen-bond donors (Lipinski definition) is 0. The number of aromatic nitrogens is 1. The number of hydrogen-bond acceptors (Lipinski definition) is 5. The van der Waals surface area contributed by atoms with Crippen molar-refractivity contribution in [2.45, 2.75) is 25.3 Å². The Labute approximate surface area is 175 Å². The molecule has 0 unspecified atom stereocenters. The lowest BCUT2D eigenvalue weighted by atomic mass is 9.97. The number of carbonyl (C=O) groups is 1. The molecule has 29 heavy (non-hydrogen) atoms. The van der Waals surface area contributed by atoms with Gasteiger partial charge in [-0.2, -0.15) is 0 Å². The van der Waals surface area contributed by atoms with Crippen molar-refractivity contribution in [3.05, 3.63) is 59.1 Å². The Kier molecular flexibility index (Phi) is 6.11. The molecule has 1 amide bonds. The number of likely N-dealkylation sites (N-methyl/N-ethyl adjacent to an activating group) is 1. The van der Waals surface area contributed by atoms with Crippen LogP contribution in [0.25, 0.3) is 10.2 Å². The van der Waals surface area contributed by atoms with Gasteiger partial charge in [0.05, 0.1) is 28.9 Å². The lowest BCUT2D eigenvalue weighted by Crippen LogP contribution is -2.41. The normalized spacial score (nSPS) is 15.5. The highest BCUT2D eigenvalue weighted by Crippen LogP contribution is 2.33. The van der Waals surface area contributed by atoms with Gasteiger partial charge in [0, 0.05) is 19.5 Å². The molecule has 0 radical (unpaired) electrons. The Morgan fingerprint density at radius 2 is 2.00 bits per heavy atom. The molecule has 1 aliphatic heterocycles. The van der Waals surface area contributed by atoms with Crippen LogP contribution in [0.15, 0.2) is 48.5 Å². The zero-order chi connectivity index (χ0) is 20.2. The SMILES string of the molecule is COc1cccc(CN(C)C(=O)CN2CCC(c3nc4ccccc4s3)CC2)c1. The molecule has 1 aliphatic rings. The number of amides is 1. The van der Waals surface area contributed by atoms with E-state index in [9.17, 15) is 4.79 Å². The Morgan fingerprint density at radius 1 is 1.21 bits per heavy atom. The van der Waals surface area contributed by atoms with Crippen molar-refractivity contribution < 1.29 is 9.53 Å². The number of para-hydroxylation sites is 1. The zero-order valence-corrected chi connectivity index (χ0v) is 17.8. The van der Waals surface area contributed by atoms with Crippen LogP contribution < -0.4 is 4.74 Å². The molecule has 0 spiro atoms. The first-order valence-electron chi connectivity index (χ1n) is 10.1. The van der Waals surface area contributed by atoms with Crippen molar-refractivity contribution in [1.82, 2.24) is 14.8 Å². The second-order valence-corrected chi connectivity index (χ2v) is 8.73. The van der Waals surface area contributed by atoms with Gasteiger partial charge < -0.3 is 9.64 Å². The molecule has 0 N–H and O–H groups in total. The summed E-state index contributed by atoms with van der Waals surface area (Å²) in [6, 6.07) is 16.2. The number of carbonyl (C=O) groups excluding carboxylic acids is 1. The fraction of sp³-hybridized carbons (Fsp3) is 0.391. The van der Waals surface area contributed by atoms with Gasteiger partial charge >= 0.3 is 0 Å². The Morgan fingerprint density at radius 3 is 2.76 bits per heavy atom. The third-order valence-corrected chi connectivity index (χ3v) is 6.78. The van der Waals surface area contributed by atoms with Crippen LogP contribution in [0, 0.1) is 0 Å². The van der Waals surface area contributed by atoms with Crippen molar-refractivity contribution in [2.24, 2.45) is 0 Å². The third-order valence-electron chi connectivity index (χ3n) is 5.59. The first kappa shape index (κ1) is 19.9. The van der Waals surface area contributed by atoms with Crippen molar-refractivity contribution in [3.8, 4) is 5.75 Å². The number of fused-ring (bicyclic) bond motifs is 1. The lowest BCUT2D eigenvalue weighted by Gasteiger charge is -2.31. The molecule has 4 rings (SSSR count). The van der Waals surface area contributed by atoms with Crippen molar-refractivity contribution in [3.63, 3.8) is 0 Å². The number of piperidine rings is 1. The highest BCUT2D eigenvalue weighted by molar-refractivity contribution is 7.18. The van der Waals surface area contributed by atoms with Gasteiger partial charge in [0.25, 0.3) is 0 Å². The van der Waals surface area contributed by atoms with E-state index in [2.05, 4.69) is 23.1 Å². The fourth-order valence-electron chi connectivity index (χ4n) is 3.85. The average Bonchev–Trinajstić information content (AvgIpc) is 3.18. The predicted molar refractivity (Wildman–Crippen MR) is 118 cm³/mol. The largest absolute Gasteiger partial charge is 0.497 e. The summed E-state index contributed by atoms with van der Waals surface area (Å²) in [5.74, 6) is 1.49. The Bertz CT molecular complexity index is 946. The molecule has 5 nitrogen and oxygen atoms in total. The third kappa shape index (κ3) is 4.77. The van der Waals surface area contributed by atoms with Gasteiger partial charge in [0.1, 0.15) is 5.75 Å². The summed E-state index contributed by atoms with van der Waals surface area (Å²) in [5.41, 5.74) is 2.18. The van der Waals surface area contributed by atoms with E-state index in [1.54, 1.807) is 12.0 Å². The summed E-state index contributed by atoms with van der Waals surface area (Å²) in [6.07, 6.45) is 2.12. The Hall–Kier alpha value is -2.44. The van der Waals surface area contributed by atoms with Gasteiger partial charge in [-0.05, 0) is 55.8 Å². The minimum absolute atomic E-state index is 0.159. The van der Waals surface area contributed by atoms with E-state index in [0.717, 1.165) is 42.8 Å². The van der Waals surface area contributed by atoms with E-state index < -0.39 is 0 Å². The predicted octanol–water partition coefficient (Wildman–Crippen LogP) is 4.14. The molecule has 6 heteroatoms. The summed E-state index contributed by atoms with van der Waals surface area (Å²) in [6.45, 7) is 2.96. The molecule has 0 atom stereocenters. The summed E-state index contributed by atoms with van der Waals surface area (Å²) in [4.78, 5) is 21.6. The number of nitrogens with zero attached hydrogens (tertiary/aromatic N) is 3. The average molecular weight is 410 g/mol. The zero-order valence-electron chi connectivity index (χ0n) is 17.0. The number of rotatable bonds is 6. The standard InChI is InChI=1S/C23H27N3O2S/c1-25(15-17-6-5-7-19(14-17)28-2)22(27)16-26-12-10-18(11-13-26)23-24-20-8-3-4-9-21(20)29-23/h3-9,14,18H,10-13,15-16H2,1-2H3. The molecular weight excluding hydrogens is 382 g/mol. The van der Waals surface area contributed by atoms with Crippen molar-refractivity contribution in [2.75, 3.05) is 33.8 Å². The minimum Gasteiger partial charge on any atom is -0.497 e. The first-order valence-corrected chi connectivity index (χ1v) is 10.9. The fourth-order valence-corrected chi connectivity index (χ4v) is 4.98. The van der Waals surface area contributed by atoms with Gasteiger partial charge in [0.2, 0.25) is 5.91 Å². The van der Waals surface area contributed by atoms with Crippen LogP contribution in [0.4, 0.5) is 0 Å². The van der Waals surface area contributed by atoms with Crippen LogP contribution >= 0.6 is 11.3 Å². The summed E-state index contributed by atoms with van der Waals surface area (Å²) in [7, 11) is 3.53. The van der Waals surface area contributed by atoms with Crippen LogP contribution in [-0.4, -0.2) is 54.5 Å². The summed E-state index contributed by atoms with van der Waals surface area (Å²) in [5, 5.41) is 1.24. The molecule has 1 fully saturated rings. The van der Waals surface area contributed by atoms with Crippen LogP contribution in [-0.2, 0) is 11.3 Å². The van der Waals surface area contributed by atoms with Gasteiger partial charge in [0.15, 0.2) is 0 Å². The van der Waals surface area contributed by atoms with E-state index in [-0.39, 0.29) is 5.91 Å². The van der Waals surface area contributed by atoms with E-state index in [1.807, 2.05) is 48.7 Å². The maximum atomic E-state index is 12.7. The monoisotopic (exact) mass is 409 g/mol. The van der Waals surface area contributed by atoms with Crippen LogP contribution in [0.1, 0.15) is 29.3 Å².